The number of nitrogens with zero attached hydrogens (tertiary/aromatic N) is 3. The number of urea groups is 2. The minimum atomic E-state index is -0.654. The van der Waals surface area contributed by atoms with E-state index in [0.29, 0.717) is 18.7 Å². The van der Waals surface area contributed by atoms with E-state index >= 15 is 0 Å². The van der Waals surface area contributed by atoms with Crippen molar-refractivity contribution < 1.29 is 14.4 Å². The molecule has 0 aromatic heterocycles. The first-order valence-corrected chi connectivity index (χ1v) is 11.8. The molecule has 3 saturated heterocycles. The predicted molar refractivity (Wildman–Crippen MR) is 134 cm³/mol. The Balaban J connectivity index is 1.19. The van der Waals surface area contributed by atoms with Crippen LogP contribution in [0.3, 0.4) is 0 Å². The molecule has 172 valence electrons. The molecule has 2 unspecified atom stereocenters. The molecule has 35 heavy (non-hydrogen) atoms. The minimum absolute atomic E-state index is 0.167. The van der Waals surface area contributed by atoms with E-state index < -0.39 is 6.04 Å². The van der Waals surface area contributed by atoms with Crippen molar-refractivity contribution in [1.29, 1.82) is 0 Å². The van der Waals surface area contributed by atoms with Crippen molar-refractivity contribution in [2.24, 2.45) is 0 Å². The molecule has 4 aromatic rings. The van der Waals surface area contributed by atoms with Crippen LogP contribution in [0.1, 0.15) is 6.42 Å². The molecule has 0 saturated carbocycles. The maximum absolute atomic E-state index is 13.6. The summed E-state index contributed by atoms with van der Waals surface area (Å²) in [6.45, 7) is 0.417. The van der Waals surface area contributed by atoms with Crippen molar-refractivity contribution in [3.63, 3.8) is 0 Å². The Labute approximate surface area is 201 Å². The lowest BCUT2D eigenvalue weighted by Gasteiger charge is -2.34. The van der Waals surface area contributed by atoms with Crippen molar-refractivity contribution in [2.75, 3.05) is 16.8 Å². The third-order valence-electron chi connectivity index (χ3n) is 7.56. The van der Waals surface area contributed by atoms with Gasteiger partial charge in [-0.2, -0.15) is 0 Å². The number of carbonyl (C=O) groups is 3. The molecule has 5 amide bonds. The Bertz CT molecular complexity index is 1540. The number of benzene rings is 4. The SMILES string of the molecule is O=C1[C@H]2C3CC(CN3C(=O)Nc3cccc4ccccc34)N2C(=O)N1c1cccc2ccccc12. The molecule has 3 aliphatic heterocycles. The highest BCUT2D eigenvalue weighted by Gasteiger charge is 2.63. The average molecular weight is 463 g/mol. The summed E-state index contributed by atoms with van der Waals surface area (Å²) in [4.78, 5) is 45.2. The molecule has 3 atom stereocenters. The van der Waals surface area contributed by atoms with Gasteiger partial charge < -0.3 is 15.1 Å². The maximum atomic E-state index is 13.6. The van der Waals surface area contributed by atoms with E-state index in [0.717, 1.165) is 27.2 Å². The molecule has 0 aliphatic carbocycles. The number of rotatable bonds is 2. The lowest BCUT2D eigenvalue weighted by Crippen LogP contribution is -2.55. The molecule has 4 aromatic carbocycles. The number of amides is 5. The number of hydrogen-bond donors (Lipinski definition) is 1. The standard InChI is InChI=1S/C28H22N4O3/c33-26-25-24-15-19(16-30(24)27(34)29-22-13-5-9-17-7-1-3-11-20(17)22)31(25)28(35)32(26)23-14-6-10-18-8-2-4-12-21(18)23/h1-14,19,24-25H,15-16H2,(H,29,34)/t19?,24?,25-/m1/s1. The second-order valence-corrected chi connectivity index (χ2v) is 9.37. The highest BCUT2D eigenvalue weighted by Crippen LogP contribution is 2.43. The summed E-state index contributed by atoms with van der Waals surface area (Å²) in [7, 11) is 0. The van der Waals surface area contributed by atoms with Gasteiger partial charge in [0.1, 0.15) is 6.04 Å². The van der Waals surface area contributed by atoms with Crippen molar-refractivity contribution in [3.8, 4) is 0 Å². The van der Waals surface area contributed by atoms with Gasteiger partial charge in [0.2, 0.25) is 0 Å². The Morgan fingerprint density at radius 3 is 2.26 bits per heavy atom. The fourth-order valence-corrected chi connectivity index (χ4v) is 6.04. The summed E-state index contributed by atoms with van der Waals surface area (Å²) < 4.78 is 0. The lowest BCUT2D eigenvalue weighted by molar-refractivity contribution is -0.120. The summed E-state index contributed by atoms with van der Waals surface area (Å²) in [5, 5.41) is 6.87. The number of nitrogens with one attached hydrogen (secondary N) is 1. The van der Waals surface area contributed by atoms with Crippen LogP contribution in [0.25, 0.3) is 21.5 Å². The first-order valence-electron chi connectivity index (χ1n) is 11.8. The molecular weight excluding hydrogens is 440 g/mol. The molecule has 0 spiro atoms. The van der Waals surface area contributed by atoms with Crippen molar-refractivity contribution >= 4 is 50.9 Å². The Morgan fingerprint density at radius 2 is 1.46 bits per heavy atom. The van der Waals surface area contributed by atoms with E-state index in [9.17, 15) is 14.4 Å². The summed E-state index contributed by atoms with van der Waals surface area (Å²) in [6.07, 6.45) is 0.620. The molecular formula is C28H22N4O3. The van der Waals surface area contributed by atoms with E-state index in [2.05, 4.69) is 5.32 Å². The number of fused-ring (bicyclic) bond motifs is 7. The zero-order valence-electron chi connectivity index (χ0n) is 18.8. The quantitative estimate of drug-likeness (QED) is 0.434. The monoisotopic (exact) mass is 462 g/mol. The molecule has 1 N–H and O–H groups in total. The van der Waals surface area contributed by atoms with Crippen LogP contribution < -0.4 is 10.2 Å². The van der Waals surface area contributed by atoms with Crippen LogP contribution in [0.2, 0.25) is 0 Å². The molecule has 7 nitrogen and oxygen atoms in total. The van der Waals surface area contributed by atoms with Crippen LogP contribution in [-0.4, -0.2) is 52.4 Å². The molecule has 7 rings (SSSR count). The van der Waals surface area contributed by atoms with Gasteiger partial charge in [-0.3, -0.25) is 4.79 Å². The average Bonchev–Trinajstić information content (AvgIpc) is 3.55. The first-order chi connectivity index (χ1) is 17.1. The van der Waals surface area contributed by atoms with Gasteiger partial charge in [-0.15, -0.1) is 0 Å². The topological polar surface area (TPSA) is 73.0 Å². The van der Waals surface area contributed by atoms with Gasteiger partial charge in [0, 0.05) is 17.3 Å². The zero-order chi connectivity index (χ0) is 23.7. The predicted octanol–water partition coefficient (Wildman–Crippen LogP) is 4.82. The second-order valence-electron chi connectivity index (χ2n) is 9.37. The first kappa shape index (κ1) is 20.0. The van der Waals surface area contributed by atoms with Gasteiger partial charge in [0.25, 0.3) is 5.91 Å². The van der Waals surface area contributed by atoms with Gasteiger partial charge in [0.05, 0.1) is 23.5 Å². The van der Waals surface area contributed by atoms with E-state index in [1.54, 1.807) is 9.80 Å². The Hall–Kier alpha value is -4.39. The highest BCUT2D eigenvalue weighted by molar-refractivity contribution is 6.25. The van der Waals surface area contributed by atoms with Crippen LogP contribution in [0, 0.1) is 0 Å². The molecule has 3 aliphatic rings. The number of imide groups is 1. The van der Waals surface area contributed by atoms with Crippen LogP contribution in [0.4, 0.5) is 21.0 Å². The normalized spacial score (nSPS) is 23.0. The molecule has 7 heteroatoms. The number of piperazine rings is 1. The Kier molecular flexibility index (Phi) is 4.18. The van der Waals surface area contributed by atoms with Crippen molar-refractivity contribution in [1.82, 2.24) is 9.80 Å². The summed E-state index contributed by atoms with van der Waals surface area (Å²) in [5.41, 5.74) is 1.33. The van der Waals surface area contributed by atoms with Crippen LogP contribution >= 0.6 is 0 Å². The summed E-state index contributed by atoms with van der Waals surface area (Å²) in [6, 6.07) is 25.4. The number of hydrogen-bond acceptors (Lipinski definition) is 3. The van der Waals surface area contributed by atoms with Gasteiger partial charge in [-0.1, -0.05) is 72.8 Å². The van der Waals surface area contributed by atoms with Crippen molar-refractivity contribution in [3.05, 3.63) is 84.9 Å². The molecule has 3 fully saturated rings. The third kappa shape index (κ3) is 2.81. The second kappa shape index (κ2) is 7.30. The van der Waals surface area contributed by atoms with Crippen LogP contribution in [0.15, 0.2) is 84.9 Å². The highest BCUT2D eigenvalue weighted by atomic mass is 16.2. The van der Waals surface area contributed by atoms with Gasteiger partial charge in [-0.05, 0) is 29.3 Å². The van der Waals surface area contributed by atoms with Gasteiger partial charge in [-0.25, -0.2) is 14.5 Å². The number of likely N-dealkylation sites (tertiary alicyclic amines) is 1. The zero-order valence-corrected chi connectivity index (χ0v) is 18.8. The van der Waals surface area contributed by atoms with Crippen LogP contribution in [0.5, 0.6) is 0 Å². The summed E-state index contributed by atoms with van der Waals surface area (Å²) >= 11 is 0. The van der Waals surface area contributed by atoms with Crippen LogP contribution in [-0.2, 0) is 4.79 Å². The minimum Gasteiger partial charge on any atom is -0.317 e. The fourth-order valence-electron chi connectivity index (χ4n) is 6.04. The number of carbonyl (C=O) groups excluding carboxylic acids is 3. The third-order valence-corrected chi connectivity index (χ3v) is 7.56. The Morgan fingerprint density at radius 1 is 0.800 bits per heavy atom. The lowest BCUT2D eigenvalue weighted by atomic mass is 10.1. The van der Waals surface area contributed by atoms with E-state index in [-0.39, 0.29) is 30.1 Å². The van der Waals surface area contributed by atoms with E-state index in [1.807, 2.05) is 84.9 Å². The molecule has 2 bridgehead atoms. The van der Waals surface area contributed by atoms with E-state index in [4.69, 9.17) is 0 Å². The van der Waals surface area contributed by atoms with Gasteiger partial charge in [0.15, 0.2) is 0 Å². The van der Waals surface area contributed by atoms with Gasteiger partial charge >= 0.3 is 12.1 Å². The fraction of sp³-hybridized carbons (Fsp3) is 0.179. The summed E-state index contributed by atoms with van der Waals surface area (Å²) in [5.74, 6) is -0.262. The number of anilines is 2. The largest absolute Gasteiger partial charge is 0.332 e. The molecule has 0 radical (unpaired) electrons. The maximum Gasteiger partial charge on any atom is 0.332 e. The smallest absolute Gasteiger partial charge is 0.317 e. The molecule has 3 heterocycles. The van der Waals surface area contributed by atoms with Crippen molar-refractivity contribution in [2.45, 2.75) is 24.5 Å². The van der Waals surface area contributed by atoms with E-state index in [1.165, 1.54) is 4.90 Å².